The van der Waals surface area contributed by atoms with Crippen molar-refractivity contribution in [2.75, 3.05) is 10.6 Å². The van der Waals surface area contributed by atoms with Gasteiger partial charge in [0.15, 0.2) is 17.5 Å². The summed E-state index contributed by atoms with van der Waals surface area (Å²) in [6, 6.07) is 8.10. The van der Waals surface area contributed by atoms with Crippen LogP contribution in [-0.2, 0) is 9.59 Å². The lowest BCUT2D eigenvalue weighted by Gasteiger charge is -2.08. The smallest absolute Gasteiger partial charge is 0.228 e. The number of hydrogen-bond acceptors (Lipinski definition) is 2. The molecule has 0 spiro atoms. The molecule has 2 aromatic carbocycles. The second kappa shape index (κ2) is 6.76. The van der Waals surface area contributed by atoms with Crippen molar-refractivity contribution >= 4 is 34.8 Å². The standard InChI is InChI=1S/C17H12ClF3N2O2/c18-8-1-3-9(4-2-8)22-16(24)10-7-11(10)17(25)23-13-6-5-12(19)14(20)15(13)21/h1-6,10-11H,7H2,(H,22,24)(H,23,25). The minimum atomic E-state index is -1.66. The Balaban J connectivity index is 1.59. The van der Waals surface area contributed by atoms with Gasteiger partial charge in [0.05, 0.1) is 17.5 Å². The van der Waals surface area contributed by atoms with E-state index in [2.05, 4.69) is 10.6 Å². The van der Waals surface area contributed by atoms with Crippen LogP contribution in [0.25, 0.3) is 0 Å². The van der Waals surface area contributed by atoms with Crippen molar-refractivity contribution in [1.29, 1.82) is 0 Å². The van der Waals surface area contributed by atoms with Gasteiger partial charge in [-0.15, -0.1) is 0 Å². The monoisotopic (exact) mass is 368 g/mol. The molecule has 2 unspecified atom stereocenters. The van der Waals surface area contributed by atoms with E-state index in [9.17, 15) is 22.8 Å². The zero-order valence-corrected chi connectivity index (χ0v) is 13.4. The van der Waals surface area contributed by atoms with E-state index >= 15 is 0 Å². The highest BCUT2D eigenvalue weighted by Gasteiger charge is 2.48. The maximum Gasteiger partial charge on any atom is 0.228 e. The number of benzene rings is 2. The summed E-state index contributed by atoms with van der Waals surface area (Å²) >= 11 is 5.75. The highest BCUT2D eigenvalue weighted by molar-refractivity contribution is 6.30. The summed E-state index contributed by atoms with van der Waals surface area (Å²) in [7, 11) is 0. The van der Waals surface area contributed by atoms with E-state index in [0.717, 1.165) is 6.07 Å². The third-order valence-corrected chi connectivity index (χ3v) is 4.12. The Morgan fingerprint density at radius 3 is 2.12 bits per heavy atom. The maximum absolute atomic E-state index is 13.6. The van der Waals surface area contributed by atoms with Crippen LogP contribution in [0.15, 0.2) is 36.4 Å². The molecule has 1 fully saturated rings. The summed E-state index contributed by atoms with van der Waals surface area (Å²) in [6.45, 7) is 0. The predicted molar refractivity (Wildman–Crippen MR) is 86.6 cm³/mol. The first-order valence-corrected chi connectivity index (χ1v) is 7.75. The quantitative estimate of drug-likeness (QED) is 0.802. The van der Waals surface area contributed by atoms with Gasteiger partial charge in [-0.1, -0.05) is 11.6 Å². The Morgan fingerprint density at radius 1 is 0.880 bits per heavy atom. The van der Waals surface area contributed by atoms with E-state index in [1.807, 2.05) is 0 Å². The zero-order chi connectivity index (χ0) is 18.1. The second-order valence-electron chi connectivity index (χ2n) is 5.66. The average Bonchev–Trinajstić information content (AvgIpc) is 3.38. The Bertz CT molecular complexity index is 843. The Hall–Kier alpha value is -2.54. The first-order valence-electron chi connectivity index (χ1n) is 7.37. The molecule has 1 aliphatic carbocycles. The highest BCUT2D eigenvalue weighted by atomic mass is 35.5. The molecular formula is C17H12ClF3N2O2. The van der Waals surface area contributed by atoms with Gasteiger partial charge in [-0.2, -0.15) is 0 Å². The molecule has 4 nitrogen and oxygen atoms in total. The molecule has 2 N–H and O–H groups in total. The van der Waals surface area contributed by atoms with Gasteiger partial charge in [0, 0.05) is 10.7 Å². The number of rotatable bonds is 4. The number of amides is 2. The summed E-state index contributed by atoms with van der Waals surface area (Å²) in [4.78, 5) is 24.1. The molecular weight excluding hydrogens is 357 g/mol. The molecule has 1 aliphatic rings. The molecule has 0 heterocycles. The molecule has 0 saturated heterocycles. The van der Waals surface area contributed by atoms with Crippen LogP contribution in [0.4, 0.5) is 24.5 Å². The molecule has 0 bridgehead atoms. The third kappa shape index (κ3) is 3.76. The van der Waals surface area contributed by atoms with E-state index in [-0.39, 0.29) is 12.3 Å². The highest BCUT2D eigenvalue weighted by Crippen LogP contribution is 2.40. The van der Waals surface area contributed by atoms with Gasteiger partial charge in [-0.25, -0.2) is 13.2 Å². The van der Waals surface area contributed by atoms with E-state index < -0.39 is 40.9 Å². The lowest BCUT2D eigenvalue weighted by atomic mass is 10.2. The van der Waals surface area contributed by atoms with Crippen LogP contribution in [-0.4, -0.2) is 11.8 Å². The van der Waals surface area contributed by atoms with Crippen molar-refractivity contribution in [2.45, 2.75) is 6.42 Å². The van der Waals surface area contributed by atoms with E-state index in [1.165, 1.54) is 0 Å². The number of nitrogens with one attached hydrogen (secondary N) is 2. The predicted octanol–water partition coefficient (Wildman–Crippen LogP) is 3.97. The van der Waals surface area contributed by atoms with Crippen LogP contribution >= 0.6 is 11.6 Å². The van der Waals surface area contributed by atoms with Gasteiger partial charge in [0.2, 0.25) is 11.8 Å². The van der Waals surface area contributed by atoms with E-state index in [4.69, 9.17) is 11.6 Å². The molecule has 0 radical (unpaired) electrons. The minimum Gasteiger partial charge on any atom is -0.326 e. The fraction of sp³-hybridized carbons (Fsp3) is 0.176. The number of anilines is 2. The van der Waals surface area contributed by atoms with Gasteiger partial charge in [-0.3, -0.25) is 9.59 Å². The molecule has 0 aliphatic heterocycles. The Morgan fingerprint density at radius 2 is 1.48 bits per heavy atom. The van der Waals surface area contributed by atoms with Crippen LogP contribution in [0.3, 0.4) is 0 Å². The molecule has 3 rings (SSSR count). The summed E-state index contributed by atoms with van der Waals surface area (Å²) in [5.41, 5.74) is 0.0692. The maximum atomic E-state index is 13.6. The average molecular weight is 369 g/mol. The first kappa shape index (κ1) is 17.3. The minimum absolute atomic E-state index is 0.288. The molecule has 8 heteroatoms. The van der Waals surface area contributed by atoms with Gasteiger partial charge in [0.1, 0.15) is 0 Å². The lowest BCUT2D eigenvalue weighted by molar-refractivity contribution is -0.122. The molecule has 2 amide bonds. The zero-order valence-electron chi connectivity index (χ0n) is 12.7. The van der Waals surface area contributed by atoms with Gasteiger partial charge >= 0.3 is 0 Å². The fourth-order valence-electron chi connectivity index (χ4n) is 2.39. The molecule has 0 aromatic heterocycles. The second-order valence-corrected chi connectivity index (χ2v) is 6.09. The van der Waals surface area contributed by atoms with Gasteiger partial charge < -0.3 is 10.6 Å². The summed E-state index contributed by atoms with van der Waals surface area (Å²) in [6.07, 6.45) is 0.288. The third-order valence-electron chi connectivity index (χ3n) is 3.87. The normalized spacial score (nSPS) is 18.6. The van der Waals surface area contributed by atoms with Crippen molar-refractivity contribution in [3.05, 3.63) is 58.9 Å². The Kier molecular flexibility index (Phi) is 4.67. The SMILES string of the molecule is O=C(Nc1ccc(Cl)cc1)C1CC1C(=O)Nc1ccc(F)c(F)c1F. The topological polar surface area (TPSA) is 58.2 Å². The Labute approximate surface area is 146 Å². The van der Waals surface area contributed by atoms with Gasteiger partial charge in [0.25, 0.3) is 0 Å². The van der Waals surface area contributed by atoms with Crippen molar-refractivity contribution in [3.63, 3.8) is 0 Å². The van der Waals surface area contributed by atoms with Crippen molar-refractivity contribution in [1.82, 2.24) is 0 Å². The van der Waals surface area contributed by atoms with Crippen LogP contribution in [0.5, 0.6) is 0 Å². The summed E-state index contributed by atoms with van der Waals surface area (Å²) in [5.74, 6) is -6.68. The van der Waals surface area contributed by atoms with E-state index in [1.54, 1.807) is 24.3 Å². The van der Waals surface area contributed by atoms with E-state index in [0.29, 0.717) is 16.8 Å². The van der Waals surface area contributed by atoms with Crippen molar-refractivity contribution in [3.8, 4) is 0 Å². The molecule has 25 heavy (non-hydrogen) atoms. The first-order chi connectivity index (χ1) is 11.9. The number of hydrogen-bond donors (Lipinski definition) is 2. The van der Waals surface area contributed by atoms with Gasteiger partial charge in [-0.05, 0) is 42.8 Å². The van der Waals surface area contributed by atoms with Crippen molar-refractivity contribution in [2.24, 2.45) is 11.8 Å². The van der Waals surface area contributed by atoms with Crippen LogP contribution in [0.1, 0.15) is 6.42 Å². The van der Waals surface area contributed by atoms with Crippen LogP contribution < -0.4 is 10.6 Å². The summed E-state index contributed by atoms with van der Waals surface area (Å²) in [5, 5.41) is 5.35. The number of carbonyl (C=O) groups excluding carboxylic acids is 2. The number of carbonyl (C=O) groups is 2. The van der Waals surface area contributed by atoms with Crippen LogP contribution in [0, 0.1) is 29.3 Å². The molecule has 2 aromatic rings. The fourth-order valence-corrected chi connectivity index (χ4v) is 2.52. The largest absolute Gasteiger partial charge is 0.326 e. The summed E-state index contributed by atoms with van der Waals surface area (Å²) < 4.78 is 39.6. The molecule has 2 atom stereocenters. The molecule has 130 valence electrons. The van der Waals surface area contributed by atoms with Crippen LogP contribution in [0.2, 0.25) is 5.02 Å². The lowest BCUT2D eigenvalue weighted by Crippen LogP contribution is -2.21. The molecule has 1 saturated carbocycles. The number of halogens is 4. The van der Waals surface area contributed by atoms with Crippen molar-refractivity contribution < 1.29 is 22.8 Å².